The summed E-state index contributed by atoms with van der Waals surface area (Å²) in [6, 6.07) is 5.78. The zero-order chi connectivity index (χ0) is 13.5. The average molecular weight is 252 g/mol. The number of anilines is 1. The number of hydrogen-bond acceptors (Lipinski definition) is 4. The Morgan fingerprint density at radius 3 is 2.78 bits per heavy atom. The molecule has 0 aromatic heterocycles. The lowest BCUT2D eigenvalue weighted by Crippen LogP contribution is -2.25. The second kappa shape index (κ2) is 6.86. The zero-order valence-electron chi connectivity index (χ0n) is 11.1. The van der Waals surface area contributed by atoms with E-state index >= 15 is 0 Å². The van der Waals surface area contributed by atoms with Gasteiger partial charge in [-0.3, -0.25) is 4.79 Å². The van der Waals surface area contributed by atoms with Crippen molar-refractivity contribution in [2.45, 2.75) is 13.5 Å². The Hall–Kier alpha value is -1.75. The minimum atomic E-state index is -0.865. The van der Waals surface area contributed by atoms with Gasteiger partial charge in [-0.1, -0.05) is 13.0 Å². The van der Waals surface area contributed by atoms with Crippen LogP contribution in [-0.2, 0) is 11.3 Å². The van der Waals surface area contributed by atoms with Crippen LogP contribution in [0.1, 0.15) is 12.5 Å². The van der Waals surface area contributed by atoms with Crippen molar-refractivity contribution in [2.24, 2.45) is 0 Å². The van der Waals surface area contributed by atoms with Gasteiger partial charge in [0.25, 0.3) is 0 Å². The van der Waals surface area contributed by atoms with Crippen LogP contribution in [0.4, 0.5) is 5.69 Å². The summed E-state index contributed by atoms with van der Waals surface area (Å²) in [4.78, 5) is 12.3. The van der Waals surface area contributed by atoms with E-state index in [4.69, 9.17) is 9.84 Å². The van der Waals surface area contributed by atoms with Crippen LogP contribution in [0.15, 0.2) is 18.2 Å². The number of nitrogens with one attached hydrogen (secondary N) is 1. The molecular formula is C13H20N2O3. The van der Waals surface area contributed by atoms with Crippen LogP contribution in [0.5, 0.6) is 5.75 Å². The fourth-order valence-corrected chi connectivity index (χ4v) is 1.70. The van der Waals surface area contributed by atoms with E-state index in [1.165, 1.54) is 0 Å². The molecule has 0 fully saturated rings. The van der Waals surface area contributed by atoms with E-state index in [0.717, 1.165) is 24.3 Å². The van der Waals surface area contributed by atoms with Gasteiger partial charge in [0.2, 0.25) is 0 Å². The Kier molecular flexibility index (Phi) is 5.45. The molecule has 0 bridgehead atoms. The Morgan fingerprint density at radius 2 is 2.22 bits per heavy atom. The molecule has 0 saturated carbocycles. The summed E-state index contributed by atoms with van der Waals surface area (Å²) in [7, 11) is 3.32. The molecule has 0 spiro atoms. The number of likely N-dealkylation sites (N-methyl/N-ethyl adjacent to an activating group) is 1. The lowest BCUT2D eigenvalue weighted by atomic mass is 10.1. The normalized spacial score (nSPS) is 10.2. The maximum atomic E-state index is 10.7. The van der Waals surface area contributed by atoms with Crippen molar-refractivity contribution in [3.05, 3.63) is 23.8 Å². The van der Waals surface area contributed by atoms with Crippen molar-refractivity contribution in [1.82, 2.24) is 5.32 Å². The second-order valence-corrected chi connectivity index (χ2v) is 4.04. The third-order valence-electron chi connectivity index (χ3n) is 2.61. The van der Waals surface area contributed by atoms with E-state index in [1.807, 2.05) is 25.1 Å². The molecular weight excluding hydrogens is 232 g/mol. The maximum Gasteiger partial charge on any atom is 0.323 e. The van der Waals surface area contributed by atoms with Crippen LogP contribution in [0.25, 0.3) is 0 Å². The molecule has 0 saturated heterocycles. The molecule has 5 heteroatoms. The summed E-state index contributed by atoms with van der Waals surface area (Å²) in [6.45, 7) is 3.67. The Balaban J connectivity index is 2.88. The summed E-state index contributed by atoms with van der Waals surface area (Å²) < 4.78 is 5.31. The number of nitrogens with zero attached hydrogens (tertiary/aromatic N) is 1. The third-order valence-corrected chi connectivity index (χ3v) is 2.61. The highest BCUT2D eigenvalue weighted by Gasteiger charge is 2.11. The first-order valence-corrected chi connectivity index (χ1v) is 5.89. The Bertz CT molecular complexity index is 407. The standard InChI is InChI=1S/C13H20N2O3/c1-4-14-8-10-5-6-11(12(7-10)18-3)15(2)9-13(16)17/h5-7,14H,4,8-9H2,1-3H3,(H,16,17). The monoisotopic (exact) mass is 252 g/mol. The molecule has 1 rings (SSSR count). The molecule has 1 aromatic rings. The van der Waals surface area contributed by atoms with Crippen LogP contribution in [0.3, 0.4) is 0 Å². The van der Waals surface area contributed by atoms with Crippen LogP contribution in [-0.4, -0.2) is 38.3 Å². The van der Waals surface area contributed by atoms with Crippen LogP contribution < -0.4 is 15.0 Å². The van der Waals surface area contributed by atoms with Crippen LogP contribution >= 0.6 is 0 Å². The summed E-state index contributed by atoms with van der Waals surface area (Å²) in [5.41, 5.74) is 1.89. The molecule has 1 aromatic carbocycles. The van der Waals surface area contributed by atoms with Gasteiger partial charge in [-0.15, -0.1) is 0 Å². The third kappa shape index (κ3) is 3.92. The minimum Gasteiger partial charge on any atom is -0.495 e. The first-order valence-electron chi connectivity index (χ1n) is 5.89. The highest BCUT2D eigenvalue weighted by Crippen LogP contribution is 2.28. The topological polar surface area (TPSA) is 61.8 Å². The van der Waals surface area contributed by atoms with Crippen molar-refractivity contribution in [1.29, 1.82) is 0 Å². The summed E-state index contributed by atoms with van der Waals surface area (Å²) in [6.07, 6.45) is 0. The van der Waals surface area contributed by atoms with Crippen LogP contribution in [0, 0.1) is 0 Å². The van der Waals surface area contributed by atoms with Gasteiger partial charge in [0, 0.05) is 13.6 Å². The highest BCUT2D eigenvalue weighted by atomic mass is 16.5. The SMILES string of the molecule is CCNCc1ccc(N(C)CC(=O)O)c(OC)c1. The first kappa shape index (κ1) is 14.3. The molecule has 0 heterocycles. The number of carboxylic acid groups (broad SMARTS) is 1. The van der Waals surface area contributed by atoms with Crippen molar-refractivity contribution < 1.29 is 14.6 Å². The van der Waals surface area contributed by atoms with Gasteiger partial charge in [0.05, 0.1) is 12.8 Å². The van der Waals surface area contributed by atoms with Gasteiger partial charge in [0.1, 0.15) is 12.3 Å². The molecule has 2 N–H and O–H groups in total. The molecule has 0 radical (unpaired) electrons. The number of hydrogen-bond donors (Lipinski definition) is 2. The number of methoxy groups -OCH3 is 1. The van der Waals surface area contributed by atoms with Gasteiger partial charge in [0.15, 0.2) is 0 Å². The quantitative estimate of drug-likeness (QED) is 0.766. The Morgan fingerprint density at radius 1 is 1.50 bits per heavy atom. The second-order valence-electron chi connectivity index (χ2n) is 4.04. The van der Waals surface area contributed by atoms with Gasteiger partial charge < -0.3 is 20.1 Å². The highest BCUT2D eigenvalue weighted by molar-refractivity contribution is 5.75. The molecule has 18 heavy (non-hydrogen) atoms. The number of carboxylic acids is 1. The first-order chi connectivity index (χ1) is 8.58. The van der Waals surface area contributed by atoms with Crippen molar-refractivity contribution in [2.75, 3.05) is 32.1 Å². The predicted molar refractivity (Wildman–Crippen MR) is 71.3 cm³/mol. The van der Waals surface area contributed by atoms with E-state index in [0.29, 0.717) is 5.75 Å². The molecule has 0 atom stereocenters. The average Bonchev–Trinajstić information content (AvgIpc) is 2.35. The molecule has 5 nitrogen and oxygen atoms in total. The lowest BCUT2D eigenvalue weighted by molar-refractivity contribution is -0.135. The number of rotatable bonds is 7. The summed E-state index contributed by atoms with van der Waals surface area (Å²) in [5.74, 6) is -0.176. The van der Waals surface area contributed by atoms with Crippen molar-refractivity contribution >= 4 is 11.7 Å². The minimum absolute atomic E-state index is 0.0527. The molecule has 0 aliphatic heterocycles. The van der Waals surface area contributed by atoms with Crippen molar-refractivity contribution in [3.8, 4) is 5.75 Å². The van der Waals surface area contributed by atoms with Crippen LogP contribution in [0.2, 0.25) is 0 Å². The van der Waals surface area contributed by atoms with E-state index < -0.39 is 5.97 Å². The van der Waals surface area contributed by atoms with E-state index in [1.54, 1.807) is 19.1 Å². The maximum absolute atomic E-state index is 10.7. The number of aliphatic carboxylic acids is 1. The van der Waals surface area contributed by atoms with Gasteiger partial charge >= 0.3 is 5.97 Å². The number of carbonyl (C=O) groups is 1. The molecule has 100 valence electrons. The Labute approximate surface area is 107 Å². The zero-order valence-corrected chi connectivity index (χ0v) is 11.1. The number of ether oxygens (including phenoxy) is 1. The van der Waals surface area contributed by atoms with E-state index in [-0.39, 0.29) is 6.54 Å². The molecule has 0 amide bonds. The van der Waals surface area contributed by atoms with Crippen molar-refractivity contribution in [3.63, 3.8) is 0 Å². The molecule has 0 aliphatic carbocycles. The van der Waals surface area contributed by atoms with Gasteiger partial charge in [-0.05, 0) is 24.2 Å². The summed E-state index contributed by atoms with van der Waals surface area (Å²) >= 11 is 0. The molecule has 0 aliphatic rings. The lowest BCUT2D eigenvalue weighted by Gasteiger charge is -2.20. The fourth-order valence-electron chi connectivity index (χ4n) is 1.70. The van der Waals surface area contributed by atoms with Gasteiger partial charge in [-0.2, -0.15) is 0 Å². The largest absolute Gasteiger partial charge is 0.495 e. The smallest absolute Gasteiger partial charge is 0.323 e. The molecule has 0 unspecified atom stereocenters. The predicted octanol–water partition coefficient (Wildman–Crippen LogP) is 1.33. The van der Waals surface area contributed by atoms with Gasteiger partial charge in [-0.25, -0.2) is 0 Å². The fraction of sp³-hybridized carbons (Fsp3) is 0.462. The number of benzene rings is 1. The summed E-state index contributed by atoms with van der Waals surface area (Å²) in [5, 5.41) is 12.0. The van der Waals surface area contributed by atoms with E-state index in [2.05, 4.69) is 5.32 Å². The van der Waals surface area contributed by atoms with E-state index in [9.17, 15) is 4.79 Å².